The van der Waals surface area contributed by atoms with Crippen molar-refractivity contribution in [3.05, 3.63) is 11.7 Å². The number of rotatable bonds is 6. The number of hydrogen-bond donors (Lipinski definition) is 0. The Balaban J connectivity index is 1.83. The number of methoxy groups -OCH3 is 1. The molecule has 0 spiro atoms. The van der Waals surface area contributed by atoms with Crippen molar-refractivity contribution in [1.29, 1.82) is 5.26 Å². The Hall–Kier alpha value is -1.45. The normalized spacial score (nSPS) is 22.8. The first-order valence-corrected chi connectivity index (χ1v) is 6.63. The molecule has 2 rings (SSSR count). The standard InChI is InChI=1S/C13H20N4O2/c1-17(11-4-3-10(7-11)8-14)9-13-15-12(16-19-13)5-6-18-2/h10-11H,3-7,9H2,1-2H3. The van der Waals surface area contributed by atoms with E-state index in [1.165, 1.54) is 0 Å². The first kappa shape index (κ1) is 14.0. The molecule has 2 atom stereocenters. The van der Waals surface area contributed by atoms with E-state index in [-0.39, 0.29) is 5.92 Å². The largest absolute Gasteiger partial charge is 0.384 e. The van der Waals surface area contributed by atoms with Crippen LogP contribution in [0.2, 0.25) is 0 Å². The summed E-state index contributed by atoms with van der Waals surface area (Å²) in [7, 11) is 3.70. The summed E-state index contributed by atoms with van der Waals surface area (Å²) in [4.78, 5) is 6.53. The molecule has 1 aliphatic carbocycles. The quantitative estimate of drug-likeness (QED) is 0.772. The highest BCUT2D eigenvalue weighted by Gasteiger charge is 2.28. The molecule has 0 aromatic carbocycles. The Kier molecular flexibility index (Phi) is 4.88. The van der Waals surface area contributed by atoms with Gasteiger partial charge in [0.05, 0.1) is 19.2 Å². The topological polar surface area (TPSA) is 75.2 Å². The highest BCUT2D eigenvalue weighted by Crippen LogP contribution is 2.28. The molecule has 1 aromatic heterocycles. The van der Waals surface area contributed by atoms with E-state index in [4.69, 9.17) is 14.5 Å². The molecule has 6 heteroatoms. The van der Waals surface area contributed by atoms with Gasteiger partial charge in [0.15, 0.2) is 5.82 Å². The van der Waals surface area contributed by atoms with Gasteiger partial charge in [-0.25, -0.2) is 0 Å². The van der Waals surface area contributed by atoms with Crippen LogP contribution >= 0.6 is 0 Å². The van der Waals surface area contributed by atoms with Gasteiger partial charge in [-0.3, -0.25) is 4.90 Å². The molecule has 6 nitrogen and oxygen atoms in total. The van der Waals surface area contributed by atoms with Gasteiger partial charge in [-0.2, -0.15) is 10.2 Å². The van der Waals surface area contributed by atoms with Crippen LogP contribution in [0.25, 0.3) is 0 Å². The van der Waals surface area contributed by atoms with Gasteiger partial charge >= 0.3 is 0 Å². The molecule has 0 saturated heterocycles. The molecule has 2 unspecified atom stereocenters. The maximum atomic E-state index is 8.92. The van der Waals surface area contributed by atoms with Crippen molar-refractivity contribution in [2.24, 2.45) is 5.92 Å². The number of ether oxygens (including phenoxy) is 1. The predicted octanol–water partition coefficient (Wildman–Crippen LogP) is 1.38. The van der Waals surface area contributed by atoms with Crippen LogP contribution in [0.3, 0.4) is 0 Å². The van der Waals surface area contributed by atoms with Crippen LogP contribution in [0.4, 0.5) is 0 Å². The molecular weight excluding hydrogens is 244 g/mol. The Morgan fingerprint density at radius 3 is 3.05 bits per heavy atom. The third-order valence-corrected chi connectivity index (χ3v) is 3.64. The molecule has 104 valence electrons. The molecule has 1 aromatic rings. The van der Waals surface area contributed by atoms with E-state index in [1.807, 2.05) is 7.05 Å². The van der Waals surface area contributed by atoms with E-state index in [9.17, 15) is 0 Å². The number of nitriles is 1. The molecular formula is C13H20N4O2. The van der Waals surface area contributed by atoms with Crippen molar-refractivity contribution in [2.45, 2.75) is 38.3 Å². The summed E-state index contributed by atoms with van der Waals surface area (Å²) in [5.41, 5.74) is 0. The lowest BCUT2D eigenvalue weighted by Gasteiger charge is -2.21. The minimum Gasteiger partial charge on any atom is -0.384 e. The lowest BCUT2D eigenvalue weighted by atomic mass is 10.1. The summed E-state index contributed by atoms with van der Waals surface area (Å²) in [5, 5.41) is 12.8. The van der Waals surface area contributed by atoms with Gasteiger partial charge in [-0.05, 0) is 26.3 Å². The average Bonchev–Trinajstić information content (AvgIpc) is 3.05. The maximum absolute atomic E-state index is 8.92. The third-order valence-electron chi connectivity index (χ3n) is 3.64. The van der Waals surface area contributed by atoms with Gasteiger partial charge < -0.3 is 9.26 Å². The minimum atomic E-state index is 0.201. The van der Waals surface area contributed by atoms with E-state index < -0.39 is 0 Å². The molecule has 1 aliphatic rings. The summed E-state index contributed by atoms with van der Waals surface area (Å²) in [6, 6.07) is 2.79. The molecule has 1 fully saturated rings. The van der Waals surface area contributed by atoms with Crippen molar-refractivity contribution >= 4 is 0 Å². The molecule has 0 bridgehead atoms. The number of hydrogen-bond acceptors (Lipinski definition) is 6. The summed E-state index contributed by atoms with van der Waals surface area (Å²) in [5.74, 6) is 1.52. The smallest absolute Gasteiger partial charge is 0.240 e. The van der Waals surface area contributed by atoms with Gasteiger partial charge in [0, 0.05) is 25.5 Å². The zero-order valence-electron chi connectivity index (χ0n) is 11.5. The SMILES string of the molecule is COCCc1noc(CN(C)C2CCC(C#N)C2)n1. The molecule has 19 heavy (non-hydrogen) atoms. The number of nitrogens with zero attached hydrogens (tertiary/aromatic N) is 4. The highest BCUT2D eigenvalue weighted by molar-refractivity contribution is 4.94. The minimum absolute atomic E-state index is 0.201. The number of aromatic nitrogens is 2. The van der Waals surface area contributed by atoms with Crippen LogP contribution in [0.1, 0.15) is 31.0 Å². The molecule has 0 aliphatic heterocycles. The second-order valence-corrected chi connectivity index (χ2v) is 5.06. The molecule has 1 saturated carbocycles. The predicted molar refractivity (Wildman–Crippen MR) is 68.1 cm³/mol. The molecule has 0 N–H and O–H groups in total. The summed E-state index contributed by atoms with van der Waals surface area (Å²) in [6.45, 7) is 1.24. The second-order valence-electron chi connectivity index (χ2n) is 5.06. The summed E-state index contributed by atoms with van der Waals surface area (Å²) < 4.78 is 10.2. The van der Waals surface area contributed by atoms with Crippen molar-refractivity contribution in [3.63, 3.8) is 0 Å². The van der Waals surface area contributed by atoms with Crippen LogP contribution in [0.15, 0.2) is 4.52 Å². The summed E-state index contributed by atoms with van der Waals surface area (Å²) in [6.07, 6.45) is 3.68. The summed E-state index contributed by atoms with van der Waals surface area (Å²) >= 11 is 0. The molecule has 0 radical (unpaired) electrons. The van der Waals surface area contributed by atoms with Gasteiger partial charge in [0.2, 0.25) is 5.89 Å². The van der Waals surface area contributed by atoms with Gasteiger partial charge in [0.25, 0.3) is 0 Å². The van der Waals surface area contributed by atoms with Gasteiger partial charge in [0.1, 0.15) is 0 Å². The lowest BCUT2D eigenvalue weighted by Crippen LogP contribution is -2.29. The molecule has 0 amide bonds. The van der Waals surface area contributed by atoms with Crippen molar-refractivity contribution in [1.82, 2.24) is 15.0 Å². The van der Waals surface area contributed by atoms with E-state index in [0.29, 0.717) is 37.3 Å². The van der Waals surface area contributed by atoms with Crippen LogP contribution in [0, 0.1) is 17.2 Å². The van der Waals surface area contributed by atoms with Crippen LogP contribution in [-0.2, 0) is 17.7 Å². The van der Waals surface area contributed by atoms with Gasteiger partial charge in [-0.1, -0.05) is 5.16 Å². The first-order chi connectivity index (χ1) is 9.22. The fourth-order valence-corrected chi connectivity index (χ4v) is 2.47. The Labute approximate surface area is 113 Å². The zero-order valence-corrected chi connectivity index (χ0v) is 11.5. The van der Waals surface area contributed by atoms with Crippen molar-refractivity contribution in [2.75, 3.05) is 20.8 Å². The Morgan fingerprint density at radius 2 is 2.37 bits per heavy atom. The zero-order chi connectivity index (χ0) is 13.7. The fraction of sp³-hybridized carbons (Fsp3) is 0.769. The van der Waals surface area contributed by atoms with E-state index in [1.54, 1.807) is 7.11 Å². The van der Waals surface area contributed by atoms with Crippen LogP contribution < -0.4 is 0 Å². The molecule has 1 heterocycles. The van der Waals surface area contributed by atoms with Crippen LogP contribution in [0.5, 0.6) is 0 Å². The van der Waals surface area contributed by atoms with Crippen molar-refractivity contribution in [3.8, 4) is 6.07 Å². The van der Waals surface area contributed by atoms with Gasteiger partial charge in [-0.15, -0.1) is 0 Å². The lowest BCUT2D eigenvalue weighted by molar-refractivity contribution is 0.198. The average molecular weight is 264 g/mol. The van der Waals surface area contributed by atoms with E-state index in [2.05, 4.69) is 21.1 Å². The highest BCUT2D eigenvalue weighted by atomic mass is 16.5. The van der Waals surface area contributed by atoms with Crippen molar-refractivity contribution < 1.29 is 9.26 Å². The Morgan fingerprint density at radius 1 is 1.53 bits per heavy atom. The fourth-order valence-electron chi connectivity index (χ4n) is 2.47. The third kappa shape index (κ3) is 3.75. The first-order valence-electron chi connectivity index (χ1n) is 6.63. The van der Waals surface area contributed by atoms with Crippen LogP contribution in [-0.4, -0.2) is 41.8 Å². The second kappa shape index (κ2) is 6.64. The van der Waals surface area contributed by atoms with E-state index >= 15 is 0 Å². The monoisotopic (exact) mass is 264 g/mol. The Bertz CT molecular complexity index is 440. The van der Waals surface area contributed by atoms with E-state index in [0.717, 1.165) is 19.3 Å². The maximum Gasteiger partial charge on any atom is 0.240 e.